The third-order valence-corrected chi connectivity index (χ3v) is 5.01. The highest BCUT2D eigenvalue weighted by Crippen LogP contribution is 2.37. The minimum atomic E-state index is -0.144. The first-order chi connectivity index (χ1) is 13.2. The van der Waals surface area contributed by atoms with Gasteiger partial charge in [0.1, 0.15) is 13.2 Å². The Morgan fingerprint density at radius 2 is 1.70 bits per heavy atom. The van der Waals surface area contributed by atoms with Gasteiger partial charge < -0.3 is 25.0 Å². The van der Waals surface area contributed by atoms with Crippen molar-refractivity contribution >= 4 is 34.6 Å². The molecule has 1 saturated heterocycles. The number of nitrogens with one attached hydrogen (secondary N) is 2. The lowest BCUT2D eigenvalue weighted by atomic mass is 10.2. The van der Waals surface area contributed by atoms with Gasteiger partial charge >= 0.3 is 0 Å². The predicted octanol–water partition coefficient (Wildman–Crippen LogP) is 3.76. The minimum Gasteiger partial charge on any atom is -0.486 e. The van der Waals surface area contributed by atoms with Gasteiger partial charge in [0.2, 0.25) is 5.91 Å². The average Bonchev–Trinajstić information content (AvgIpc) is 3.22. The summed E-state index contributed by atoms with van der Waals surface area (Å²) < 4.78 is 11.0. The summed E-state index contributed by atoms with van der Waals surface area (Å²) in [5, 5.41) is 6.43. The number of carbonyl (C=O) groups excluding carboxylic acids is 1. The highest BCUT2D eigenvalue weighted by Gasteiger charge is 2.16. The fraction of sp³-hybridized carbons (Fsp3) is 0.350. The third-order valence-electron chi connectivity index (χ3n) is 4.69. The van der Waals surface area contributed by atoms with Crippen molar-refractivity contribution in [2.45, 2.75) is 12.8 Å². The SMILES string of the molecule is O=C(CNc1cc2c(cc1Cl)OCCO2)Nc1ccc(N2CCCC2)cc1. The first-order valence-electron chi connectivity index (χ1n) is 9.17. The molecule has 2 N–H and O–H groups in total. The second-order valence-corrected chi connectivity index (χ2v) is 7.03. The van der Waals surface area contributed by atoms with E-state index in [9.17, 15) is 4.79 Å². The smallest absolute Gasteiger partial charge is 0.243 e. The highest BCUT2D eigenvalue weighted by molar-refractivity contribution is 6.33. The van der Waals surface area contributed by atoms with E-state index in [1.165, 1.54) is 18.5 Å². The van der Waals surface area contributed by atoms with Crippen LogP contribution in [-0.2, 0) is 4.79 Å². The van der Waals surface area contributed by atoms with E-state index >= 15 is 0 Å². The molecule has 0 radical (unpaired) electrons. The quantitative estimate of drug-likeness (QED) is 0.817. The van der Waals surface area contributed by atoms with Gasteiger partial charge in [-0.2, -0.15) is 0 Å². The molecule has 0 unspecified atom stereocenters. The maximum atomic E-state index is 12.2. The fourth-order valence-electron chi connectivity index (χ4n) is 3.31. The normalized spacial score (nSPS) is 15.5. The number of amides is 1. The summed E-state index contributed by atoms with van der Waals surface area (Å²) >= 11 is 6.25. The summed E-state index contributed by atoms with van der Waals surface area (Å²) in [5.74, 6) is 1.11. The van der Waals surface area contributed by atoms with Crippen LogP contribution in [0.3, 0.4) is 0 Å². The van der Waals surface area contributed by atoms with Crippen molar-refractivity contribution in [2.75, 3.05) is 48.4 Å². The molecule has 6 nitrogen and oxygen atoms in total. The largest absolute Gasteiger partial charge is 0.486 e. The number of carbonyl (C=O) groups is 1. The number of anilines is 3. The first-order valence-corrected chi connectivity index (χ1v) is 9.55. The molecule has 0 atom stereocenters. The Labute approximate surface area is 163 Å². The van der Waals surface area contributed by atoms with E-state index in [4.69, 9.17) is 21.1 Å². The van der Waals surface area contributed by atoms with Crippen molar-refractivity contribution in [3.05, 3.63) is 41.4 Å². The maximum absolute atomic E-state index is 12.2. The van der Waals surface area contributed by atoms with Crippen LogP contribution in [0.25, 0.3) is 0 Å². The van der Waals surface area contributed by atoms with Gasteiger partial charge in [0.15, 0.2) is 11.5 Å². The van der Waals surface area contributed by atoms with Crippen molar-refractivity contribution in [1.82, 2.24) is 0 Å². The molecule has 0 bridgehead atoms. The summed E-state index contributed by atoms with van der Waals surface area (Å²) in [6.45, 7) is 3.32. The Morgan fingerprint density at radius 1 is 1.04 bits per heavy atom. The van der Waals surface area contributed by atoms with Crippen LogP contribution in [0.1, 0.15) is 12.8 Å². The van der Waals surface area contributed by atoms with Gasteiger partial charge in [0, 0.05) is 36.6 Å². The van der Waals surface area contributed by atoms with Gasteiger partial charge in [-0.15, -0.1) is 0 Å². The first kappa shape index (κ1) is 17.8. The van der Waals surface area contributed by atoms with Crippen LogP contribution in [0.15, 0.2) is 36.4 Å². The summed E-state index contributed by atoms with van der Waals surface area (Å²) in [5.41, 5.74) is 2.62. The van der Waals surface area contributed by atoms with Gasteiger partial charge in [0.25, 0.3) is 0 Å². The van der Waals surface area contributed by atoms with E-state index in [1.54, 1.807) is 12.1 Å². The number of fused-ring (bicyclic) bond motifs is 1. The van der Waals surface area contributed by atoms with Gasteiger partial charge in [-0.05, 0) is 37.1 Å². The number of nitrogens with zero attached hydrogens (tertiary/aromatic N) is 1. The van der Waals surface area contributed by atoms with E-state index in [0.717, 1.165) is 18.8 Å². The van der Waals surface area contributed by atoms with Crippen LogP contribution in [0.4, 0.5) is 17.1 Å². The zero-order valence-corrected chi connectivity index (χ0v) is 15.7. The van der Waals surface area contributed by atoms with Crippen LogP contribution in [0.2, 0.25) is 5.02 Å². The molecular formula is C20H22ClN3O3. The second-order valence-electron chi connectivity index (χ2n) is 6.62. The monoisotopic (exact) mass is 387 g/mol. The van der Waals surface area contributed by atoms with Crippen molar-refractivity contribution in [1.29, 1.82) is 0 Å². The zero-order valence-electron chi connectivity index (χ0n) is 15.0. The lowest BCUT2D eigenvalue weighted by Gasteiger charge is -2.20. The Morgan fingerprint density at radius 3 is 2.41 bits per heavy atom. The molecule has 2 aliphatic rings. The molecule has 2 aliphatic heterocycles. The second kappa shape index (κ2) is 7.96. The number of benzene rings is 2. The molecule has 4 rings (SSSR count). The molecule has 2 aromatic rings. The number of hydrogen-bond acceptors (Lipinski definition) is 5. The van der Waals surface area contributed by atoms with E-state index < -0.39 is 0 Å². The van der Waals surface area contributed by atoms with Crippen LogP contribution >= 0.6 is 11.6 Å². The molecule has 27 heavy (non-hydrogen) atoms. The lowest BCUT2D eigenvalue weighted by molar-refractivity contribution is -0.114. The molecule has 0 aliphatic carbocycles. The van der Waals surface area contributed by atoms with Gasteiger partial charge in [0.05, 0.1) is 17.3 Å². The van der Waals surface area contributed by atoms with Crippen LogP contribution in [0.5, 0.6) is 11.5 Å². The predicted molar refractivity (Wildman–Crippen MR) is 107 cm³/mol. The van der Waals surface area contributed by atoms with Crippen molar-refractivity contribution < 1.29 is 14.3 Å². The summed E-state index contributed by atoms with van der Waals surface area (Å²) in [6.07, 6.45) is 2.49. The standard InChI is InChI=1S/C20H22ClN3O3/c21-16-11-18-19(27-10-9-26-18)12-17(16)22-13-20(25)23-14-3-5-15(6-4-14)24-7-1-2-8-24/h3-6,11-12,22H,1-2,7-10,13H2,(H,23,25). The van der Waals surface area contributed by atoms with Crippen molar-refractivity contribution in [2.24, 2.45) is 0 Å². The molecule has 7 heteroatoms. The molecule has 0 aromatic heterocycles. The van der Waals surface area contributed by atoms with E-state index in [-0.39, 0.29) is 12.5 Å². The summed E-state index contributed by atoms with van der Waals surface area (Å²) in [4.78, 5) is 14.6. The van der Waals surface area contributed by atoms with E-state index in [0.29, 0.717) is 35.4 Å². The topological polar surface area (TPSA) is 62.8 Å². The van der Waals surface area contributed by atoms with Gasteiger partial charge in [-0.25, -0.2) is 0 Å². The number of ether oxygens (including phenoxy) is 2. The van der Waals surface area contributed by atoms with E-state index in [2.05, 4.69) is 15.5 Å². The Kier molecular flexibility index (Phi) is 5.25. The summed E-state index contributed by atoms with van der Waals surface area (Å²) in [7, 11) is 0. The maximum Gasteiger partial charge on any atom is 0.243 e. The molecule has 2 aromatic carbocycles. The fourth-order valence-corrected chi connectivity index (χ4v) is 3.53. The van der Waals surface area contributed by atoms with Gasteiger partial charge in [-0.3, -0.25) is 4.79 Å². The lowest BCUT2D eigenvalue weighted by Crippen LogP contribution is -2.22. The van der Waals surface area contributed by atoms with Crippen LogP contribution in [0, 0.1) is 0 Å². The molecule has 2 heterocycles. The molecule has 1 fully saturated rings. The Hall–Kier alpha value is -2.60. The van der Waals surface area contributed by atoms with Crippen molar-refractivity contribution in [3.8, 4) is 11.5 Å². The summed E-state index contributed by atoms with van der Waals surface area (Å²) in [6, 6.07) is 11.4. The van der Waals surface area contributed by atoms with Crippen LogP contribution < -0.4 is 25.0 Å². The minimum absolute atomic E-state index is 0.104. The average molecular weight is 388 g/mol. The molecule has 0 spiro atoms. The highest BCUT2D eigenvalue weighted by atomic mass is 35.5. The third kappa shape index (κ3) is 4.22. The Bertz CT molecular complexity index is 820. The van der Waals surface area contributed by atoms with Gasteiger partial charge in [-0.1, -0.05) is 11.6 Å². The number of rotatable bonds is 5. The van der Waals surface area contributed by atoms with Crippen molar-refractivity contribution in [3.63, 3.8) is 0 Å². The van der Waals surface area contributed by atoms with Crippen LogP contribution in [-0.4, -0.2) is 38.8 Å². The molecule has 142 valence electrons. The molecule has 0 saturated carbocycles. The molecular weight excluding hydrogens is 366 g/mol. The number of hydrogen-bond donors (Lipinski definition) is 2. The zero-order chi connectivity index (χ0) is 18.6. The Balaban J connectivity index is 1.33. The molecule has 1 amide bonds. The number of halogens is 1. The van der Waals surface area contributed by atoms with E-state index in [1.807, 2.05) is 24.3 Å².